The Morgan fingerprint density at radius 3 is 2.50 bits per heavy atom. The summed E-state index contributed by atoms with van der Waals surface area (Å²) < 4.78 is 5.04. The molecule has 0 saturated carbocycles. The Labute approximate surface area is 145 Å². The third kappa shape index (κ3) is 4.52. The molecule has 2 aromatic rings. The van der Waals surface area contributed by atoms with E-state index in [1.807, 2.05) is 6.92 Å². The fraction of sp³-hybridized carbons (Fsp3) is 0.211. The predicted molar refractivity (Wildman–Crippen MR) is 91.8 cm³/mol. The normalized spacial score (nSPS) is 10.3. The van der Waals surface area contributed by atoms with Gasteiger partial charge in [0.2, 0.25) is 11.6 Å². The Morgan fingerprint density at radius 1 is 1.04 bits per heavy atom. The van der Waals surface area contributed by atoms with Gasteiger partial charge in [0.25, 0.3) is 0 Å². The van der Waals surface area contributed by atoms with Gasteiger partial charge in [0.15, 0.2) is 5.78 Å². The van der Waals surface area contributed by atoms with E-state index in [9.17, 15) is 14.4 Å². The van der Waals surface area contributed by atoms with Crippen molar-refractivity contribution in [1.82, 2.24) is 0 Å². The van der Waals surface area contributed by atoms with Crippen molar-refractivity contribution in [2.75, 3.05) is 7.11 Å². The Morgan fingerprint density at radius 2 is 1.79 bits per heavy atom. The van der Waals surface area contributed by atoms with Crippen LogP contribution in [0.1, 0.15) is 27.9 Å². The topological polar surface area (TPSA) is 60.4 Å². The maximum Gasteiger partial charge on any atom is 0.206 e. The van der Waals surface area contributed by atoms with Crippen molar-refractivity contribution in [3.63, 3.8) is 0 Å². The fourth-order valence-electron chi connectivity index (χ4n) is 2.25. The van der Waals surface area contributed by atoms with Gasteiger partial charge < -0.3 is 4.74 Å². The summed E-state index contributed by atoms with van der Waals surface area (Å²) in [5.74, 6) is -1.19. The van der Waals surface area contributed by atoms with Crippen LogP contribution in [0, 0.1) is 6.92 Å². The van der Waals surface area contributed by atoms with E-state index < -0.39 is 23.8 Å². The lowest BCUT2D eigenvalue weighted by molar-refractivity contribution is -0.135. The summed E-state index contributed by atoms with van der Waals surface area (Å²) in [7, 11) is 1.49. The molecule has 0 fully saturated rings. The molecule has 0 N–H and O–H groups in total. The van der Waals surface area contributed by atoms with Crippen LogP contribution >= 0.6 is 11.6 Å². The number of carbonyl (C=O) groups excluding carboxylic acids is 3. The first-order valence-electron chi connectivity index (χ1n) is 7.39. The van der Waals surface area contributed by atoms with Crippen molar-refractivity contribution in [1.29, 1.82) is 0 Å². The minimum absolute atomic E-state index is 0.0589. The summed E-state index contributed by atoms with van der Waals surface area (Å²) in [6.45, 7) is 1.84. The van der Waals surface area contributed by atoms with Crippen LogP contribution in [-0.4, -0.2) is 24.5 Å². The number of hydrogen-bond donors (Lipinski definition) is 0. The van der Waals surface area contributed by atoms with Gasteiger partial charge in [-0.15, -0.1) is 0 Å². The first kappa shape index (κ1) is 17.9. The second kappa shape index (κ2) is 7.88. The highest BCUT2D eigenvalue weighted by Gasteiger charge is 2.20. The van der Waals surface area contributed by atoms with Gasteiger partial charge in [-0.2, -0.15) is 0 Å². The van der Waals surface area contributed by atoms with Crippen LogP contribution in [-0.2, 0) is 16.0 Å². The standard InChI is InChI=1S/C19H17ClO4/c1-12-6-7-15(20)8-14(12)10-18(22)19(23)11-17(21)13-4-3-5-16(9-13)24-2/h3-9H,10-11H2,1-2H3. The highest BCUT2D eigenvalue weighted by molar-refractivity contribution is 6.41. The zero-order chi connectivity index (χ0) is 17.7. The number of rotatable bonds is 7. The third-order valence-corrected chi connectivity index (χ3v) is 3.92. The molecule has 5 heteroatoms. The van der Waals surface area contributed by atoms with Crippen LogP contribution in [0.3, 0.4) is 0 Å². The molecule has 124 valence electrons. The van der Waals surface area contributed by atoms with E-state index >= 15 is 0 Å². The highest BCUT2D eigenvalue weighted by Crippen LogP contribution is 2.17. The van der Waals surface area contributed by atoms with E-state index in [-0.39, 0.29) is 6.42 Å². The fourth-order valence-corrected chi connectivity index (χ4v) is 2.44. The second-order valence-corrected chi connectivity index (χ2v) is 5.86. The number of hydrogen-bond acceptors (Lipinski definition) is 4. The lowest BCUT2D eigenvalue weighted by atomic mass is 9.98. The first-order chi connectivity index (χ1) is 11.4. The van der Waals surface area contributed by atoms with E-state index in [4.69, 9.17) is 16.3 Å². The summed E-state index contributed by atoms with van der Waals surface area (Å²) in [6, 6.07) is 11.7. The molecule has 0 saturated heterocycles. The Bertz CT molecular complexity index is 796. The van der Waals surface area contributed by atoms with Crippen molar-refractivity contribution in [3.8, 4) is 5.75 Å². The van der Waals surface area contributed by atoms with E-state index in [1.54, 1.807) is 42.5 Å². The van der Waals surface area contributed by atoms with Crippen molar-refractivity contribution in [3.05, 3.63) is 64.2 Å². The quantitative estimate of drug-likeness (QED) is 0.437. The van der Waals surface area contributed by atoms with Gasteiger partial charge in [-0.25, -0.2) is 0 Å². The third-order valence-electron chi connectivity index (χ3n) is 3.69. The van der Waals surface area contributed by atoms with Crippen LogP contribution in [0.5, 0.6) is 5.75 Å². The van der Waals surface area contributed by atoms with Gasteiger partial charge in [0, 0.05) is 17.0 Å². The van der Waals surface area contributed by atoms with Crippen LogP contribution < -0.4 is 4.74 Å². The number of Topliss-reactive ketones (excluding diaryl/α,β-unsaturated/α-hetero) is 3. The molecule has 0 aliphatic rings. The van der Waals surface area contributed by atoms with Crippen LogP contribution in [0.2, 0.25) is 5.02 Å². The number of ether oxygens (including phenoxy) is 1. The first-order valence-corrected chi connectivity index (χ1v) is 7.77. The largest absolute Gasteiger partial charge is 0.497 e. The van der Waals surface area contributed by atoms with E-state index in [0.717, 1.165) is 5.56 Å². The van der Waals surface area contributed by atoms with Gasteiger partial charge in [0.05, 0.1) is 13.5 Å². The number of aryl methyl sites for hydroxylation is 1. The molecular formula is C19H17ClO4. The minimum atomic E-state index is -0.706. The maximum absolute atomic E-state index is 12.2. The average Bonchev–Trinajstić information content (AvgIpc) is 2.58. The van der Waals surface area contributed by atoms with Gasteiger partial charge >= 0.3 is 0 Å². The Kier molecular flexibility index (Phi) is 5.88. The van der Waals surface area contributed by atoms with Crippen LogP contribution in [0.25, 0.3) is 0 Å². The predicted octanol–water partition coefficient (Wildman–Crippen LogP) is 3.61. The maximum atomic E-state index is 12.2. The summed E-state index contributed by atoms with van der Waals surface area (Å²) in [5.41, 5.74) is 1.91. The molecule has 2 aromatic carbocycles. The highest BCUT2D eigenvalue weighted by atomic mass is 35.5. The molecule has 4 nitrogen and oxygen atoms in total. The van der Waals surface area contributed by atoms with Gasteiger partial charge in [-0.3, -0.25) is 14.4 Å². The number of ketones is 3. The Balaban J connectivity index is 2.04. The SMILES string of the molecule is COc1cccc(C(=O)CC(=O)C(=O)Cc2cc(Cl)ccc2C)c1. The number of methoxy groups -OCH3 is 1. The van der Waals surface area contributed by atoms with Crippen LogP contribution in [0.15, 0.2) is 42.5 Å². The van der Waals surface area contributed by atoms with Crippen molar-refractivity contribution < 1.29 is 19.1 Å². The monoisotopic (exact) mass is 344 g/mol. The molecule has 0 aliphatic carbocycles. The number of carbonyl (C=O) groups is 3. The molecule has 24 heavy (non-hydrogen) atoms. The molecule has 0 unspecified atom stereocenters. The van der Waals surface area contributed by atoms with E-state index in [2.05, 4.69) is 0 Å². The molecule has 0 aromatic heterocycles. The number of halogens is 1. The molecular weight excluding hydrogens is 328 g/mol. The molecule has 0 amide bonds. The van der Waals surface area contributed by atoms with Crippen molar-refractivity contribution >= 4 is 29.0 Å². The summed E-state index contributed by atoms with van der Waals surface area (Å²) in [6.07, 6.45) is -0.512. The van der Waals surface area contributed by atoms with Crippen LogP contribution in [0.4, 0.5) is 0 Å². The van der Waals surface area contributed by atoms with Gasteiger partial charge in [0.1, 0.15) is 5.75 Å². The zero-order valence-corrected chi connectivity index (χ0v) is 14.2. The van der Waals surface area contributed by atoms with Gasteiger partial charge in [-0.05, 0) is 42.3 Å². The summed E-state index contributed by atoms with van der Waals surface area (Å²) in [5, 5.41) is 0.503. The zero-order valence-electron chi connectivity index (χ0n) is 13.5. The molecule has 2 rings (SSSR count). The summed E-state index contributed by atoms with van der Waals surface area (Å²) in [4.78, 5) is 36.3. The smallest absolute Gasteiger partial charge is 0.206 e. The van der Waals surface area contributed by atoms with Crippen molar-refractivity contribution in [2.24, 2.45) is 0 Å². The Hall–Kier alpha value is -2.46. The van der Waals surface area contributed by atoms with Gasteiger partial charge in [-0.1, -0.05) is 29.8 Å². The molecule has 0 aliphatic heterocycles. The molecule has 0 heterocycles. The second-order valence-electron chi connectivity index (χ2n) is 5.43. The molecule has 0 bridgehead atoms. The summed E-state index contributed by atoms with van der Waals surface area (Å²) >= 11 is 5.91. The lowest BCUT2D eigenvalue weighted by Crippen LogP contribution is -2.20. The molecule has 0 radical (unpaired) electrons. The minimum Gasteiger partial charge on any atom is -0.497 e. The number of benzene rings is 2. The lowest BCUT2D eigenvalue weighted by Gasteiger charge is -2.06. The van der Waals surface area contributed by atoms with E-state index in [0.29, 0.717) is 21.9 Å². The van der Waals surface area contributed by atoms with Crippen molar-refractivity contribution in [2.45, 2.75) is 19.8 Å². The average molecular weight is 345 g/mol. The molecule has 0 spiro atoms. The molecule has 0 atom stereocenters. The van der Waals surface area contributed by atoms with E-state index in [1.165, 1.54) is 7.11 Å².